The molecule has 1 aromatic rings. The van der Waals surface area contributed by atoms with Crippen molar-refractivity contribution in [2.24, 2.45) is 0 Å². The number of benzene rings is 1. The van der Waals surface area contributed by atoms with Crippen LogP contribution < -0.4 is 10.6 Å². The Labute approximate surface area is 120 Å². The fourth-order valence-corrected chi connectivity index (χ4v) is 2.76. The molecule has 2 N–H and O–H groups in total. The van der Waals surface area contributed by atoms with E-state index < -0.39 is 0 Å². The van der Waals surface area contributed by atoms with Gasteiger partial charge in [0.15, 0.2) is 0 Å². The molecule has 1 amide bonds. The van der Waals surface area contributed by atoms with E-state index in [0.29, 0.717) is 12.5 Å². The maximum atomic E-state index is 11.1. The first-order valence-corrected chi connectivity index (χ1v) is 7.82. The molecule has 4 heteroatoms. The van der Waals surface area contributed by atoms with Crippen molar-refractivity contribution in [3.05, 3.63) is 29.8 Å². The topological polar surface area (TPSA) is 41.1 Å². The monoisotopic (exact) mass is 280 g/mol. The summed E-state index contributed by atoms with van der Waals surface area (Å²) in [5, 5.41) is 6.06. The summed E-state index contributed by atoms with van der Waals surface area (Å²) in [5.41, 5.74) is 1.32. The summed E-state index contributed by atoms with van der Waals surface area (Å²) in [4.78, 5) is 12.4. The molecule has 1 rings (SSSR count). The molecule has 0 aromatic heterocycles. The minimum atomic E-state index is 0.120. The average molecular weight is 280 g/mol. The van der Waals surface area contributed by atoms with Gasteiger partial charge in [0, 0.05) is 24.4 Å². The van der Waals surface area contributed by atoms with E-state index in [0.717, 1.165) is 18.7 Å². The predicted molar refractivity (Wildman–Crippen MR) is 82.6 cm³/mol. The van der Waals surface area contributed by atoms with Gasteiger partial charge in [-0.05, 0) is 43.3 Å². The van der Waals surface area contributed by atoms with Crippen molar-refractivity contribution >= 4 is 17.7 Å². The van der Waals surface area contributed by atoms with Gasteiger partial charge in [-0.2, -0.15) is 0 Å². The molecule has 19 heavy (non-hydrogen) atoms. The van der Waals surface area contributed by atoms with Gasteiger partial charge < -0.3 is 10.6 Å². The molecule has 0 radical (unpaired) electrons. The molecular weight excluding hydrogens is 256 g/mol. The Kier molecular flexibility index (Phi) is 7.60. The third kappa shape index (κ3) is 6.12. The molecule has 1 unspecified atom stereocenters. The summed E-state index contributed by atoms with van der Waals surface area (Å²) in [5.74, 6) is 1.10. The van der Waals surface area contributed by atoms with Crippen LogP contribution in [0.5, 0.6) is 0 Å². The Hall–Kier alpha value is -1.00. The maximum Gasteiger partial charge on any atom is 0.219 e. The van der Waals surface area contributed by atoms with Crippen molar-refractivity contribution in [2.75, 3.05) is 19.3 Å². The summed E-state index contributed by atoms with van der Waals surface area (Å²) in [6.07, 6.45) is 1.52. The molecule has 0 heterocycles. The number of nitrogens with one attached hydrogen (secondary N) is 2. The number of hydrogen-bond acceptors (Lipinski definition) is 3. The standard InChI is InChI=1S/C15H24N2OS/c1-4-17-12(2)13-7-5-8-14(11-13)19-10-6-9-15(18)16-3/h5,7-8,11-12,17H,4,6,9-10H2,1-3H3,(H,16,18). The highest BCUT2D eigenvalue weighted by atomic mass is 32.2. The molecule has 3 nitrogen and oxygen atoms in total. The molecule has 0 spiro atoms. The Morgan fingerprint density at radius 2 is 2.21 bits per heavy atom. The van der Waals surface area contributed by atoms with E-state index in [-0.39, 0.29) is 5.91 Å². The van der Waals surface area contributed by atoms with E-state index in [1.165, 1.54) is 10.5 Å². The van der Waals surface area contributed by atoms with Crippen LogP contribution >= 0.6 is 11.8 Å². The number of hydrogen-bond donors (Lipinski definition) is 2. The highest BCUT2D eigenvalue weighted by Crippen LogP contribution is 2.23. The number of amides is 1. The van der Waals surface area contributed by atoms with Crippen LogP contribution in [0.15, 0.2) is 29.2 Å². The number of carbonyl (C=O) groups excluding carboxylic acids is 1. The third-order valence-corrected chi connectivity index (χ3v) is 4.04. The molecule has 0 saturated heterocycles. The molecule has 0 fully saturated rings. The number of thioether (sulfide) groups is 1. The van der Waals surface area contributed by atoms with Gasteiger partial charge in [0.05, 0.1) is 0 Å². The van der Waals surface area contributed by atoms with Gasteiger partial charge in [-0.1, -0.05) is 19.1 Å². The first kappa shape index (κ1) is 16.1. The van der Waals surface area contributed by atoms with E-state index in [1.54, 1.807) is 7.05 Å². The van der Waals surface area contributed by atoms with E-state index in [9.17, 15) is 4.79 Å². The van der Waals surface area contributed by atoms with Crippen molar-refractivity contribution in [3.63, 3.8) is 0 Å². The van der Waals surface area contributed by atoms with Crippen LogP contribution in [-0.4, -0.2) is 25.3 Å². The summed E-state index contributed by atoms with van der Waals surface area (Å²) < 4.78 is 0. The summed E-state index contributed by atoms with van der Waals surface area (Å²) in [7, 11) is 1.68. The van der Waals surface area contributed by atoms with Gasteiger partial charge in [-0.15, -0.1) is 11.8 Å². The van der Waals surface area contributed by atoms with Crippen LogP contribution in [-0.2, 0) is 4.79 Å². The molecule has 0 aliphatic heterocycles. The predicted octanol–water partition coefficient (Wildman–Crippen LogP) is 2.98. The lowest BCUT2D eigenvalue weighted by Crippen LogP contribution is -2.17. The lowest BCUT2D eigenvalue weighted by Gasteiger charge is -2.13. The second-order valence-corrected chi connectivity index (χ2v) is 5.65. The summed E-state index contributed by atoms with van der Waals surface area (Å²) in [6.45, 7) is 5.28. The maximum absolute atomic E-state index is 11.1. The normalized spacial score (nSPS) is 12.2. The van der Waals surface area contributed by atoms with Crippen LogP contribution in [0.4, 0.5) is 0 Å². The Balaban J connectivity index is 2.42. The quantitative estimate of drug-likeness (QED) is 0.568. The third-order valence-electron chi connectivity index (χ3n) is 2.96. The zero-order valence-corrected chi connectivity index (χ0v) is 12.8. The van der Waals surface area contributed by atoms with Crippen LogP contribution in [0.3, 0.4) is 0 Å². The van der Waals surface area contributed by atoms with E-state index in [2.05, 4.69) is 48.7 Å². The van der Waals surface area contributed by atoms with Gasteiger partial charge in [0.25, 0.3) is 0 Å². The molecule has 0 bridgehead atoms. The van der Waals surface area contributed by atoms with Crippen LogP contribution in [0.1, 0.15) is 38.3 Å². The Morgan fingerprint density at radius 1 is 1.42 bits per heavy atom. The lowest BCUT2D eigenvalue weighted by atomic mass is 10.1. The Morgan fingerprint density at radius 3 is 2.89 bits per heavy atom. The second kappa shape index (κ2) is 8.99. The van der Waals surface area contributed by atoms with Gasteiger partial charge in [-0.25, -0.2) is 0 Å². The first-order valence-electron chi connectivity index (χ1n) is 6.84. The van der Waals surface area contributed by atoms with Crippen molar-refractivity contribution < 1.29 is 4.79 Å². The molecule has 106 valence electrons. The summed E-state index contributed by atoms with van der Waals surface area (Å²) in [6, 6.07) is 9.01. The van der Waals surface area contributed by atoms with E-state index >= 15 is 0 Å². The van der Waals surface area contributed by atoms with Gasteiger partial charge in [0.1, 0.15) is 0 Å². The molecule has 1 atom stereocenters. The van der Waals surface area contributed by atoms with Gasteiger partial charge in [-0.3, -0.25) is 4.79 Å². The highest BCUT2D eigenvalue weighted by molar-refractivity contribution is 7.99. The van der Waals surface area contributed by atoms with E-state index in [4.69, 9.17) is 0 Å². The highest BCUT2D eigenvalue weighted by Gasteiger charge is 2.04. The van der Waals surface area contributed by atoms with Crippen molar-refractivity contribution in [1.29, 1.82) is 0 Å². The fourth-order valence-electron chi connectivity index (χ4n) is 1.85. The first-order chi connectivity index (χ1) is 9.17. The molecule has 0 aliphatic rings. The molecule has 1 aromatic carbocycles. The van der Waals surface area contributed by atoms with Crippen molar-refractivity contribution in [2.45, 2.75) is 37.6 Å². The van der Waals surface area contributed by atoms with Gasteiger partial charge >= 0.3 is 0 Å². The minimum Gasteiger partial charge on any atom is -0.359 e. The molecular formula is C15H24N2OS. The number of rotatable bonds is 8. The number of carbonyl (C=O) groups is 1. The van der Waals surface area contributed by atoms with Crippen molar-refractivity contribution in [3.8, 4) is 0 Å². The molecule has 0 saturated carbocycles. The SMILES string of the molecule is CCNC(C)c1cccc(SCCCC(=O)NC)c1. The minimum absolute atomic E-state index is 0.120. The largest absolute Gasteiger partial charge is 0.359 e. The Bertz CT molecular complexity index is 395. The van der Waals surface area contributed by atoms with Crippen LogP contribution in [0.2, 0.25) is 0 Å². The lowest BCUT2D eigenvalue weighted by molar-refractivity contribution is -0.120. The van der Waals surface area contributed by atoms with E-state index in [1.807, 2.05) is 11.8 Å². The van der Waals surface area contributed by atoms with Crippen molar-refractivity contribution in [1.82, 2.24) is 10.6 Å². The second-order valence-electron chi connectivity index (χ2n) is 4.48. The van der Waals surface area contributed by atoms with Crippen LogP contribution in [0, 0.1) is 0 Å². The molecule has 0 aliphatic carbocycles. The zero-order chi connectivity index (χ0) is 14.1. The fraction of sp³-hybridized carbons (Fsp3) is 0.533. The summed E-state index contributed by atoms with van der Waals surface area (Å²) >= 11 is 1.81. The van der Waals surface area contributed by atoms with Crippen LogP contribution in [0.25, 0.3) is 0 Å². The van der Waals surface area contributed by atoms with Gasteiger partial charge in [0.2, 0.25) is 5.91 Å². The zero-order valence-electron chi connectivity index (χ0n) is 12.0. The smallest absolute Gasteiger partial charge is 0.219 e. The average Bonchev–Trinajstić information content (AvgIpc) is 2.44.